The van der Waals surface area contributed by atoms with Crippen LogP contribution in [0.1, 0.15) is 18.1 Å². The number of hydrogen-bond donors (Lipinski definition) is 1. The van der Waals surface area contributed by atoms with Crippen LogP contribution in [0.25, 0.3) is 0 Å². The van der Waals surface area contributed by atoms with Crippen molar-refractivity contribution in [2.75, 3.05) is 6.61 Å². The summed E-state index contributed by atoms with van der Waals surface area (Å²) in [5.41, 5.74) is 2.80. The third-order valence-electron chi connectivity index (χ3n) is 2.48. The van der Waals surface area contributed by atoms with Crippen molar-refractivity contribution in [2.45, 2.75) is 29.9 Å². The fourth-order valence-corrected chi connectivity index (χ4v) is 3.00. The molecule has 0 saturated carbocycles. The maximum atomic E-state index is 5.01. The second-order valence-electron chi connectivity index (χ2n) is 3.70. The van der Waals surface area contributed by atoms with E-state index >= 15 is 0 Å². The molecule has 0 bridgehead atoms. The number of fused-ring (bicyclic) bond motifs is 1. The van der Waals surface area contributed by atoms with Crippen molar-refractivity contribution in [1.82, 2.24) is 0 Å². The first-order chi connectivity index (χ1) is 6.79. The molecule has 0 aromatic heterocycles. The summed E-state index contributed by atoms with van der Waals surface area (Å²) in [6.45, 7) is 2.87. The molecule has 0 saturated heterocycles. The number of nitrogens with two attached hydrogens (primary N) is 1. The van der Waals surface area contributed by atoms with Gasteiger partial charge in [0.15, 0.2) is 0 Å². The van der Waals surface area contributed by atoms with Gasteiger partial charge in [0.1, 0.15) is 0 Å². The van der Waals surface area contributed by atoms with Gasteiger partial charge >= 0.3 is 0 Å². The zero-order valence-corrected chi connectivity index (χ0v) is 9.14. The van der Waals surface area contributed by atoms with E-state index in [1.807, 2.05) is 11.8 Å². The van der Waals surface area contributed by atoms with Crippen molar-refractivity contribution in [3.63, 3.8) is 0 Å². The van der Waals surface area contributed by atoms with Gasteiger partial charge in [0.05, 0.1) is 6.61 Å². The van der Waals surface area contributed by atoms with E-state index in [2.05, 4.69) is 30.0 Å². The fourth-order valence-electron chi connectivity index (χ4n) is 1.78. The molecule has 0 spiro atoms. The van der Waals surface area contributed by atoms with Crippen molar-refractivity contribution in [3.05, 3.63) is 29.3 Å². The lowest BCUT2D eigenvalue weighted by atomic mass is 10.1. The van der Waals surface area contributed by atoms with E-state index in [1.165, 1.54) is 22.4 Å². The Balaban J connectivity index is 2.12. The number of benzene rings is 1. The monoisotopic (exact) mass is 209 g/mol. The normalized spacial score (nSPS) is 19.7. The Kier molecular flexibility index (Phi) is 3.11. The Morgan fingerprint density at radius 1 is 1.57 bits per heavy atom. The van der Waals surface area contributed by atoms with Crippen LogP contribution < -0.4 is 5.90 Å². The quantitative estimate of drug-likeness (QED) is 0.775. The molecule has 0 amide bonds. The van der Waals surface area contributed by atoms with Gasteiger partial charge in [-0.3, -0.25) is 0 Å². The minimum absolute atomic E-state index is 0.596. The lowest BCUT2D eigenvalue weighted by Gasteiger charge is -2.03. The Morgan fingerprint density at radius 3 is 3.21 bits per heavy atom. The maximum Gasteiger partial charge on any atom is 0.0719 e. The van der Waals surface area contributed by atoms with Gasteiger partial charge in [-0.2, -0.15) is 0 Å². The first kappa shape index (κ1) is 10.0. The molecular formula is C11H15NOS. The molecule has 14 heavy (non-hydrogen) atoms. The van der Waals surface area contributed by atoms with Gasteiger partial charge in [0.2, 0.25) is 0 Å². The molecule has 1 unspecified atom stereocenters. The first-order valence-corrected chi connectivity index (χ1v) is 5.77. The summed E-state index contributed by atoms with van der Waals surface area (Å²) in [7, 11) is 0. The van der Waals surface area contributed by atoms with Crippen LogP contribution in [0.5, 0.6) is 0 Å². The highest BCUT2D eigenvalue weighted by Crippen LogP contribution is 2.37. The third-order valence-corrected chi connectivity index (χ3v) is 3.68. The molecule has 1 atom stereocenters. The zero-order valence-electron chi connectivity index (χ0n) is 8.32. The van der Waals surface area contributed by atoms with Gasteiger partial charge in [0.25, 0.3) is 0 Å². The van der Waals surface area contributed by atoms with Gasteiger partial charge in [-0.1, -0.05) is 19.1 Å². The highest BCUT2D eigenvalue weighted by molar-refractivity contribution is 8.00. The van der Waals surface area contributed by atoms with Crippen LogP contribution in [-0.4, -0.2) is 11.9 Å². The first-order valence-electron chi connectivity index (χ1n) is 4.89. The van der Waals surface area contributed by atoms with Crippen molar-refractivity contribution in [1.29, 1.82) is 0 Å². The highest BCUT2D eigenvalue weighted by Gasteiger charge is 2.18. The van der Waals surface area contributed by atoms with Crippen LogP contribution >= 0.6 is 11.8 Å². The van der Waals surface area contributed by atoms with Crippen molar-refractivity contribution in [2.24, 2.45) is 5.90 Å². The largest absolute Gasteiger partial charge is 0.304 e. The number of rotatable bonds is 3. The Bertz CT molecular complexity index is 327. The van der Waals surface area contributed by atoms with E-state index in [4.69, 9.17) is 5.90 Å². The predicted molar refractivity (Wildman–Crippen MR) is 59.3 cm³/mol. The summed E-state index contributed by atoms with van der Waals surface area (Å²) in [6, 6.07) is 6.68. The van der Waals surface area contributed by atoms with E-state index in [1.54, 1.807) is 0 Å². The molecule has 1 aromatic rings. The van der Waals surface area contributed by atoms with Crippen molar-refractivity contribution < 1.29 is 4.84 Å². The summed E-state index contributed by atoms with van der Waals surface area (Å²) in [5, 5.41) is 0.728. The molecule has 1 aromatic carbocycles. The SMILES string of the molecule is CC1Cc2ccc(CCON)cc2S1. The molecule has 1 aliphatic heterocycles. The Hall–Kier alpha value is -0.510. The topological polar surface area (TPSA) is 35.2 Å². The van der Waals surface area contributed by atoms with Gasteiger partial charge in [-0.05, 0) is 30.0 Å². The van der Waals surface area contributed by atoms with Gasteiger partial charge in [-0.25, -0.2) is 5.90 Å². The van der Waals surface area contributed by atoms with E-state index in [9.17, 15) is 0 Å². The molecular weight excluding hydrogens is 194 g/mol. The highest BCUT2D eigenvalue weighted by atomic mass is 32.2. The summed E-state index contributed by atoms with van der Waals surface area (Å²) in [4.78, 5) is 6.02. The van der Waals surface area contributed by atoms with E-state index in [0.29, 0.717) is 6.61 Å². The van der Waals surface area contributed by atoms with Crippen LogP contribution in [0.4, 0.5) is 0 Å². The molecule has 3 heteroatoms. The molecule has 2 N–H and O–H groups in total. The second kappa shape index (κ2) is 4.34. The van der Waals surface area contributed by atoms with Gasteiger partial charge < -0.3 is 4.84 Å². The molecule has 1 aliphatic rings. The fraction of sp³-hybridized carbons (Fsp3) is 0.455. The summed E-state index contributed by atoms with van der Waals surface area (Å²) < 4.78 is 0. The van der Waals surface area contributed by atoms with E-state index < -0.39 is 0 Å². The molecule has 2 rings (SSSR count). The summed E-state index contributed by atoms with van der Waals surface area (Å²) >= 11 is 1.97. The summed E-state index contributed by atoms with van der Waals surface area (Å²) in [6.07, 6.45) is 2.10. The smallest absolute Gasteiger partial charge is 0.0719 e. The van der Waals surface area contributed by atoms with E-state index in [0.717, 1.165) is 11.7 Å². The Morgan fingerprint density at radius 2 is 2.43 bits per heavy atom. The lowest BCUT2D eigenvalue weighted by Crippen LogP contribution is -2.03. The zero-order chi connectivity index (χ0) is 9.97. The van der Waals surface area contributed by atoms with Gasteiger partial charge in [-0.15, -0.1) is 11.8 Å². The van der Waals surface area contributed by atoms with Crippen LogP contribution in [0.2, 0.25) is 0 Å². The standard InChI is InChI=1S/C11H15NOS/c1-8-6-10-3-2-9(4-5-13-12)7-11(10)14-8/h2-3,7-8H,4-6,12H2,1H3. The molecule has 0 radical (unpaired) electrons. The lowest BCUT2D eigenvalue weighted by molar-refractivity contribution is 0.141. The minimum Gasteiger partial charge on any atom is -0.304 e. The average molecular weight is 209 g/mol. The third kappa shape index (κ3) is 2.11. The van der Waals surface area contributed by atoms with E-state index in [-0.39, 0.29) is 0 Å². The number of thioether (sulfide) groups is 1. The van der Waals surface area contributed by atoms with Crippen LogP contribution in [-0.2, 0) is 17.7 Å². The maximum absolute atomic E-state index is 5.01. The molecule has 2 nitrogen and oxygen atoms in total. The van der Waals surface area contributed by atoms with Gasteiger partial charge in [0, 0.05) is 10.1 Å². The average Bonchev–Trinajstić information content (AvgIpc) is 2.54. The molecule has 0 fully saturated rings. The summed E-state index contributed by atoms with van der Waals surface area (Å²) in [5.74, 6) is 5.01. The van der Waals surface area contributed by atoms with Crippen LogP contribution in [0.15, 0.2) is 23.1 Å². The Labute approximate surface area is 88.8 Å². The molecule has 1 heterocycles. The molecule has 76 valence electrons. The minimum atomic E-state index is 0.596. The predicted octanol–water partition coefficient (Wildman–Crippen LogP) is 2.16. The molecule has 0 aliphatic carbocycles. The van der Waals surface area contributed by atoms with Crippen LogP contribution in [0.3, 0.4) is 0 Å². The second-order valence-corrected chi connectivity index (χ2v) is 5.18. The van der Waals surface area contributed by atoms with Crippen molar-refractivity contribution >= 4 is 11.8 Å². The van der Waals surface area contributed by atoms with Crippen molar-refractivity contribution in [3.8, 4) is 0 Å². The number of hydrogen-bond acceptors (Lipinski definition) is 3. The van der Waals surface area contributed by atoms with Crippen LogP contribution in [0, 0.1) is 0 Å².